The van der Waals surface area contributed by atoms with Crippen LogP contribution in [0.3, 0.4) is 0 Å². The van der Waals surface area contributed by atoms with Crippen LogP contribution in [0.25, 0.3) is 11.3 Å². The van der Waals surface area contributed by atoms with Crippen LogP contribution in [0.1, 0.15) is 38.5 Å². The Kier molecular flexibility index (Phi) is 5.41. The maximum Gasteiger partial charge on any atom is 0.306 e. The van der Waals surface area contributed by atoms with Crippen LogP contribution >= 0.6 is 0 Å². The van der Waals surface area contributed by atoms with Gasteiger partial charge in [-0.1, -0.05) is 18.6 Å². The lowest BCUT2D eigenvalue weighted by Crippen LogP contribution is -2.31. The van der Waals surface area contributed by atoms with Crippen molar-refractivity contribution in [3.8, 4) is 11.3 Å². The highest BCUT2D eigenvalue weighted by Gasteiger charge is 2.27. The molecular weight excluding hydrogens is 359 g/mol. The van der Waals surface area contributed by atoms with Crippen LogP contribution in [0, 0.1) is 11.7 Å². The fourth-order valence-electron chi connectivity index (χ4n) is 4.19. The average Bonchev–Trinajstić information content (AvgIpc) is 3.25. The number of hydrogen-bond donors (Lipinski definition) is 2. The molecule has 0 radical (unpaired) electrons. The summed E-state index contributed by atoms with van der Waals surface area (Å²) >= 11 is 0. The highest BCUT2D eigenvalue weighted by Crippen LogP contribution is 2.29. The third-order valence-corrected chi connectivity index (χ3v) is 5.69. The molecule has 1 saturated heterocycles. The van der Waals surface area contributed by atoms with E-state index >= 15 is 0 Å². The largest absolute Gasteiger partial charge is 0.481 e. The zero-order valence-electron chi connectivity index (χ0n) is 15.8. The molecule has 148 valence electrons. The highest BCUT2D eigenvalue weighted by molar-refractivity contribution is 5.70. The summed E-state index contributed by atoms with van der Waals surface area (Å²) in [6.07, 6.45) is 6.50. The van der Waals surface area contributed by atoms with E-state index in [4.69, 9.17) is 0 Å². The lowest BCUT2D eigenvalue weighted by molar-refractivity contribution is -0.142. The molecule has 1 aromatic carbocycles. The van der Waals surface area contributed by atoms with Crippen molar-refractivity contribution in [3.05, 3.63) is 36.3 Å². The number of rotatable bonds is 5. The van der Waals surface area contributed by atoms with Crippen molar-refractivity contribution < 1.29 is 14.3 Å². The van der Waals surface area contributed by atoms with Gasteiger partial charge in [-0.2, -0.15) is 0 Å². The quantitative estimate of drug-likeness (QED) is 0.813. The third kappa shape index (κ3) is 4.08. The Morgan fingerprint density at radius 3 is 2.82 bits per heavy atom. The molecule has 0 bridgehead atoms. The average molecular weight is 384 g/mol. The first kappa shape index (κ1) is 18.7. The zero-order chi connectivity index (χ0) is 19.5. The van der Waals surface area contributed by atoms with E-state index in [0.717, 1.165) is 37.2 Å². The first-order valence-corrected chi connectivity index (χ1v) is 9.97. The standard InChI is InChI=1S/C21H25FN4O2/c22-18-13-23-21(24-16-7-3-6-15(11-16)20(27)28)25-19(18)14-5-4-8-17(12-14)26-9-1-2-10-26/h4-5,8,12-13,15-16H,1-3,6-7,9-11H2,(H,27,28)(H,23,24,25). The minimum Gasteiger partial charge on any atom is -0.481 e. The van der Waals surface area contributed by atoms with Crippen molar-refractivity contribution >= 4 is 17.6 Å². The minimum absolute atomic E-state index is 0.0101. The van der Waals surface area contributed by atoms with Gasteiger partial charge in [-0.25, -0.2) is 14.4 Å². The van der Waals surface area contributed by atoms with E-state index in [0.29, 0.717) is 18.8 Å². The Balaban J connectivity index is 1.54. The number of nitrogens with zero attached hydrogens (tertiary/aromatic N) is 3. The van der Waals surface area contributed by atoms with Gasteiger partial charge in [-0.05, 0) is 44.2 Å². The molecule has 7 heteroatoms. The van der Waals surface area contributed by atoms with Gasteiger partial charge >= 0.3 is 5.97 Å². The summed E-state index contributed by atoms with van der Waals surface area (Å²) in [6, 6.07) is 7.79. The zero-order valence-corrected chi connectivity index (χ0v) is 15.8. The second-order valence-electron chi connectivity index (χ2n) is 7.68. The summed E-state index contributed by atoms with van der Waals surface area (Å²) in [5.74, 6) is -1.22. The predicted molar refractivity (Wildman–Crippen MR) is 106 cm³/mol. The van der Waals surface area contributed by atoms with Crippen molar-refractivity contribution in [2.24, 2.45) is 5.92 Å². The number of carboxylic acid groups (broad SMARTS) is 1. The van der Waals surface area contributed by atoms with E-state index in [1.807, 2.05) is 24.3 Å². The second kappa shape index (κ2) is 8.12. The molecule has 2 atom stereocenters. The van der Waals surface area contributed by atoms with Gasteiger partial charge in [0.15, 0.2) is 5.82 Å². The molecule has 0 spiro atoms. The van der Waals surface area contributed by atoms with E-state index in [-0.39, 0.29) is 17.7 Å². The van der Waals surface area contributed by atoms with Gasteiger partial charge in [0.1, 0.15) is 5.69 Å². The van der Waals surface area contributed by atoms with Crippen LogP contribution in [0.4, 0.5) is 16.0 Å². The molecule has 1 aliphatic carbocycles. The Bertz CT molecular complexity index is 854. The summed E-state index contributed by atoms with van der Waals surface area (Å²) in [5.41, 5.74) is 2.07. The molecule has 2 heterocycles. The number of aromatic nitrogens is 2. The van der Waals surface area contributed by atoms with Gasteiger partial charge in [0, 0.05) is 30.4 Å². The fraction of sp³-hybridized carbons (Fsp3) is 0.476. The first-order valence-electron chi connectivity index (χ1n) is 9.97. The van der Waals surface area contributed by atoms with Crippen molar-refractivity contribution in [2.75, 3.05) is 23.3 Å². The Morgan fingerprint density at radius 2 is 2.04 bits per heavy atom. The Labute approximate surface area is 163 Å². The maximum absolute atomic E-state index is 14.5. The van der Waals surface area contributed by atoms with Gasteiger partial charge < -0.3 is 15.3 Å². The van der Waals surface area contributed by atoms with Gasteiger partial charge in [-0.15, -0.1) is 0 Å². The molecule has 4 rings (SSSR count). The van der Waals surface area contributed by atoms with Gasteiger partial charge in [-0.3, -0.25) is 4.79 Å². The number of halogens is 1. The predicted octanol–water partition coefficient (Wildman–Crippen LogP) is 3.94. The number of carbonyl (C=O) groups is 1. The normalized spacial score (nSPS) is 22.2. The maximum atomic E-state index is 14.5. The summed E-state index contributed by atoms with van der Waals surface area (Å²) in [4.78, 5) is 22.1. The van der Waals surface area contributed by atoms with E-state index in [9.17, 15) is 14.3 Å². The molecule has 2 N–H and O–H groups in total. The smallest absolute Gasteiger partial charge is 0.306 e. The molecule has 1 aromatic heterocycles. The highest BCUT2D eigenvalue weighted by atomic mass is 19.1. The lowest BCUT2D eigenvalue weighted by atomic mass is 9.86. The van der Waals surface area contributed by atoms with Gasteiger partial charge in [0.05, 0.1) is 12.1 Å². The third-order valence-electron chi connectivity index (χ3n) is 5.69. The van der Waals surface area contributed by atoms with Crippen molar-refractivity contribution in [1.82, 2.24) is 9.97 Å². The van der Waals surface area contributed by atoms with E-state index in [1.165, 1.54) is 19.0 Å². The van der Waals surface area contributed by atoms with E-state index < -0.39 is 11.8 Å². The number of aliphatic carboxylic acids is 1. The lowest BCUT2D eigenvalue weighted by Gasteiger charge is -2.27. The molecule has 2 unspecified atom stereocenters. The molecule has 2 aliphatic rings. The molecule has 0 amide bonds. The van der Waals surface area contributed by atoms with Gasteiger partial charge in [0.25, 0.3) is 0 Å². The Morgan fingerprint density at radius 1 is 1.21 bits per heavy atom. The summed E-state index contributed by atoms with van der Waals surface area (Å²) in [5, 5.41) is 12.5. The number of benzene rings is 1. The molecular formula is C21H25FN4O2. The van der Waals surface area contributed by atoms with Crippen LogP contribution in [0.5, 0.6) is 0 Å². The summed E-state index contributed by atoms with van der Waals surface area (Å²) in [7, 11) is 0. The monoisotopic (exact) mass is 384 g/mol. The minimum atomic E-state index is -0.758. The van der Waals surface area contributed by atoms with Crippen molar-refractivity contribution in [2.45, 2.75) is 44.6 Å². The van der Waals surface area contributed by atoms with Crippen LogP contribution in [0.2, 0.25) is 0 Å². The van der Waals surface area contributed by atoms with Gasteiger partial charge in [0.2, 0.25) is 5.95 Å². The fourth-order valence-corrected chi connectivity index (χ4v) is 4.19. The SMILES string of the molecule is O=C(O)C1CCCC(Nc2ncc(F)c(-c3cccc(N4CCCC4)c3)n2)C1. The molecule has 2 aromatic rings. The number of hydrogen-bond acceptors (Lipinski definition) is 5. The summed E-state index contributed by atoms with van der Waals surface area (Å²) < 4.78 is 14.5. The molecule has 6 nitrogen and oxygen atoms in total. The molecule has 1 aliphatic heterocycles. The van der Waals surface area contributed by atoms with Crippen LogP contribution in [-0.2, 0) is 4.79 Å². The molecule has 2 fully saturated rings. The number of carboxylic acids is 1. The molecule has 28 heavy (non-hydrogen) atoms. The van der Waals surface area contributed by atoms with E-state index in [2.05, 4.69) is 20.2 Å². The Hall–Kier alpha value is -2.70. The molecule has 1 saturated carbocycles. The second-order valence-corrected chi connectivity index (χ2v) is 7.68. The number of nitrogens with one attached hydrogen (secondary N) is 1. The van der Waals surface area contributed by atoms with Crippen LogP contribution in [0.15, 0.2) is 30.5 Å². The van der Waals surface area contributed by atoms with Crippen LogP contribution < -0.4 is 10.2 Å². The van der Waals surface area contributed by atoms with Crippen molar-refractivity contribution in [1.29, 1.82) is 0 Å². The van der Waals surface area contributed by atoms with Crippen molar-refractivity contribution in [3.63, 3.8) is 0 Å². The topological polar surface area (TPSA) is 78.3 Å². The van der Waals surface area contributed by atoms with Crippen LogP contribution in [-0.4, -0.2) is 40.2 Å². The first-order chi connectivity index (χ1) is 13.6. The van der Waals surface area contributed by atoms with E-state index in [1.54, 1.807) is 0 Å². The number of anilines is 2. The summed E-state index contributed by atoms with van der Waals surface area (Å²) in [6.45, 7) is 2.05.